The van der Waals surface area contributed by atoms with E-state index < -0.39 is 11.3 Å². The van der Waals surface area contributed by atoms with Gasteiger partial charge in [0.05, 0.1) is 0 Å². The molecular weight excluding hydrogens is 138 g/mol. The Balaban J connectivity index is 3.14. The maximum Gasteiger partial charge on any atom is 0.0442 e. The molecule has 1 atom stereocenters. The van der Waals surface area contributed by atoms with E-state index in [0.717, 1.165) is 12.8 Å². The molecule has 0 aliphatic carbocycles. The predicted octanol–water partition coefficient (Wildman–Crippen LogP) is 0.684. The van der Waals surface area contributed by atoms with Gasteiger partial charge in [-0.25, -0.2) is 0 Å². The third kappa shape index (κ3) is 7.65. The van der Waals surface area contributed by atoms with Crippen LogP contribution in [0.1, 0.15) is 19.8 Å². The highest BCUT2D eigenvalue weighted by atomic mass is 32.2. The van der Waals surface area contributed by atoms with Gasteiger partial charge < -0.3 is 9.27 Å². The molecule has 0 saturated carbocycles. The van der Waals surface area contributed by atoms with E-state index in [1.165, 1.54) is 6.20 Å². The molecule has 4 heteroatoms. The molecule has 3 nitrogen and oxygen atoms in total. The van der Waals surface area contributed by atoms with Gasteiger partial charge in [0, 0.05) is 17.5 Å². The summed E-state index contributed by atoms with van der Waals surface area (Å²) in [6, 6.07) is 0. The largest absolute Gasteiger partial charge is 0.755 e. The highest BCUT2D eigenvalue weighted by Crippen LogP contribution is 1.85. The Morgan fingerprint density at radius 2 is 2.44 bits per heavy atom. The Morgan fingerprint density at radius 1 is 1.78 bits per heavy atom. The van der Waals surface area contributed by atoms with Crippen molar-refractivity contribution in [3.05, 3.63) is 12.3 Å². The highest BCUT2D eigenvalue weighted by Gasteiger charge is 1.71. The zero-order chi connectivity index (χ0) is 7.11. The highest BCUT2D eigenvalue weighted by molar-refractivity contribution is 7.77. The monoisotopic (exact) mass is 148 g/mol. The van der Waals surface area contributed by atoms with Crippen LogP contribution in [0.5, 0.6) is 0 Å². The molecule has 0 aliphatic rings. The molecule has 0 spiro atoms. The molecule has 0 aromatic carbocycles. The van der Waals surface area contributed by atoms with Crippen LogP contribution in [0, 0.1) is 0 Å². The molecule has 0 heterocycles. The van der Waals surface area contributed by atoms with E-state index in [9.17, 15) is 8.76 Å². The van der Waals surface area contributed by atoms with Crippen molar-refractivity contribution in [2.24, 2.45) is 0 Å². The van der Waals surface area contributed by atoms with Crippen molar-refractivity contribution in [3.63, 3.8) is 0 Å². The Hall–Kier alpha value is -0.350. The number of hydrogen-bond acceptors (Lipinski definition) is 2. The summed E-state index contributed by atoms with van der Waals surface area (Å²) in [7, 11) is 0. The molecule has 0 aromatic heterocycles. The second kappa shape index (κ2) is 5.78. The number of rotatable bonds is 4. The van der Waals surface area contributed by atoms with Crippen LogP contribution in [0.15, 0.2) is 12.3 Å². The molecule has 0 radical (unpaired) electrons. The van der Waals surface area contributed by atoms with Crippen molar-refractivity contribution in [2.45, 2.75) is 19.8 Å². The van der Waals surface area contributed by atoms with Crippen molar-refractivity contribution < 1.29 is 8.76 Å². The summed E-state index contributed by atoms with van der Waals surface area (Å²) < 4.78 is 21.7. The molecule has 0 amide bonds. The Labute approximate surface area is 57.6 Å². The molecule has 0 rings (SSSR count). The van der Waals surface area contributed by atoms with Gasteiger partial charge in [0.15, 0.2) is 0 Å². The third-order valence-electron chi connectivity index (χ3n) is 0.737. The lowest BCUT2D eigenvalue weighted by molar-refractivity contribution is 0.531. The lowest BCUT2D eigenvalue weighted by Gasteiger charge is -2.00. The van der Waals surface area contributed by atoms with E-state index in [2.05, 4.69) is 4.72 Å². The van der Waals surface area contributed by atoms with Gasteiger partial charge in [-0.05, 0) is 6.42 Å². The van der Waals surface area contributed by atoms with Crippen molar-refractivity contribution in [3.8, 4) is 0 Å². The van der Waals surface area contributed by atoms with E-state index in [-0.39, 0.29) is 0 Å². The molecule has 54 valence electrons. The summed E-state index contributed by atoms with van der Waals surface area (Å²) in [5.74, 6) is 0. The quantitative estimate of drug-likeness (QED) is 0.596. The molecule has 1 N–H and O–H groups in total. The van der Waals surface area contributed by atoms with Gasteiger partial charge in [-0.3, -0.25) is 4.21 Å². The molecule has 9 heavy (non-hydrogen) atoms. The molecule has 0 aliphatic heterocycles. The maximum atomic E-state index is 9.80. The first-order valence-corrected chi connectivity index (χ1v) is 3.85. The summed E-state index contributed by atoms with van der Waals surface area (Å²) in [4.78, 5) is 0. The topological polar surface area (TPSA) is 52.2 Å². The summed E-state index contributed by atoms with van der Waals surface area (Å²) in [5.41, 5.74) is 0. The van der Waals surface area contributed by atoms with E-state index in [0.29, 0.717) is 0 Å². The standard InChI is InChI=1S/C5H11NO2S/c1-2-3-4-5-6-9(7)8/h4-6H,2-3H2,1H3,(H,7,8)/p-1. The van der Waals surface area contributed by atoms with E-state index in [1.54, 1.807) is 6.08 Å². The second-order valence-electron chi connectivity index (χ2n) is 1.54. The molecule has 0 bridgehead atoms. The Bertz CT molecular complexity index is 114. The minimum atomic E-state index is -2.16. The fraction of sp³-hybridized carbons (Fsp3) is 0.600. The normalized spacial score (nSPS) is 14.0. The molecule has 0 saturated heterocycles. The van der Waals surface area contributed by atoms with Gasteiger partial charge in [0.1, 0.15) is 0 Å². The van der Waals surface area contributed by atoms with Gasteiger partial charge in [-0.2, -0.15) is 0 Å². The number of nitrogens with one attached hydrogen (secondary N) is 1. The minimum absolute atomic E-state index is 0.907. The van der Waals surface area contributed by atoms with E-state index >= 15 is 0 Å². The van der Waals surface area contributed by atoms with E-state index in [4.69, 9.17) is 0 Å². The van der Waals surface area contributed by atoms with Crippen LogP contribution >= 0.6 is 0 Å². The zero-order valence-electron chi connectivity index (χ0n) is 5.29. The SMILES string of the molecule is CCCC=CNS(=O)[O-]. The Morgan fingerprint density at radius 3 is 2.89 bits per heavy atom. The summed E-state index contributed by atoms with van der Waals surface area (Å²) in [6.45, 7) is 2.03. The van der Waals surface area contributed by atoms with E-state index in [1.807, 2.05) is 6.92 Å². The second-order valence-corrected chi connectivity index (χ2v) is 2.25. The first-order valence-electron chi connectivity index (χ1n) is 2.77. The lowest BCUT2D eigenvalue weighted by Crippen LogP contribution is -2.07. The minimum Gasteiger partial charge on any atom is -0.755 e. The van der Waals surface area contributed by atoms with Gasteiger partial charge in [0.25, 0.3) is 0 Å². The van der Waals surface area contributed by atoms with Crippen LogP contribution in [0.3, 0.4) is 0 Å². The summed E-state index contributed by atoms with van der Waals surface area (Å²) in [6.07, 6.45) is 5.14. The smallest absolute Gasteiger partial charge is 0.0442 e. The fourth-order valence-corrected chi connectivity index (χ4v) is 0.561. The molecule has 0 aromatic rings. The van der Waals surface area contributed by atoms with Crippen molar-refractivity contribution in [2.75, 3.05) is 0 Å². The lowest BCUT2D eigenvalue weighted by atomic mass is 10.3. The summed E-state index contributed by atoms with van der Waals surface area (Å²) in [5, 5.41) is 0. The first kappa shape index (κ1) is 8.65. The van der Waals surface area contributed by atoms with Gasteiger partial charge >= 0.3 is 0 Å². The Kier molecular flexibility index (Phi) is 5.56. The predicted molar refractivity (Wildman–Crippen MR) is 36.1 cm³/mol. The maximum absolute atomic E-state index is 9.80. The van der Waals surface area contributed by atoms with Crippen molar-refractivity contribution >= 4 is 11.3 Å². The van der Waals surface area contributed by atoms with Crippen LogP contribution in [-0.2, 0) is 11.3 Å². The van der Waals surface area contributed by atoms with Gasteiger partial charge in [-0.15, -0.1) is 0 Å². The van der Waals surface area contributed by atoms with Crippen LogP contribution in [0.25, 0.3) is 0 Å². The molecule has 1 unspecified atom stereocenters. The first-order chi connectivity index (χ1) is 4.27. The zero-order valence-corrected chi connectivity index (χ0v) is 6.11. The third-order valence-corrected chi connectivity index (χ3v) is 1.07. The molecule has 0 fully saturated rings. The van der Waals surface area contributed by atoms with Gasteiger partial charge in [-0.1, -0.05) is 19.4 Å². The average Bonchev–Trinajstić information content (AvgIpc) is 1.80. The van der Waals surface area contributed by atoms with Crippen LogP contribution in [0.4, 0.5) is 0 Å². The van der Waals surface area contributed by atoms with Crippen molar-refractivity contribution in [1.29, 1.82) is 0 Å². The fourth-order valence-electron chi connectivity index (χ4n) is 0.354. The van der Waals surface area contributed by atoms with Crippen molar-refractivity contribution in [1.82, 2.24) is 4.72 Å². The number of unbranched alkanes of at least 4 members (excludes halogenated alkanes) is 1. The average molecular weight is 148 g/mol. The van der Waals surface area contributed by atoms with Gasteiger partial charge in [0.2, 0.25) is 0 Å². The number of allylic oxidation sites excluding steroid dienone is 1. The number of hydrogen-bond donors (Lipinski definition) is 1. The summed E-state index contributed by atoms with van der Waals surface area (Å²) >= 11 is -2.16. The van der Waals surface area contributed by atoms with Crippen LogP contribution in [-0.4, -0.2) is 8.76 Å². The molecular formula is C5H10NO2S-. The van der Waals surface area contributed by atoms with Crippen LogP contribution in [0.2, 0.25) is 0 Å². The van der Waals surface area contributed by atoms with Crippen LogP contribution < -0.4 is 4.72 Å².